The summed E-state index contributed by atoms with van der Waals surface area (Å²) in [6.45, 7) is 0. The van der Waals surface area contributed by atoms with Crippen molar-refractivity contribution < 1.29 is 19.0 Å². The Morgan fingerprint density at radius 3 is 2.36 bits per heavy atom. The van der Waals surface area contributed by atoms with E-state index in [1.165, 1.54) is 21.3 Å². The van der Waals surface area contributed by atoms with Crippen LogP contribution in [0.15, 0.2) is 30.5 Å². The number of carbonyl (C=O) groups excluding carboxylic acids is 1. The van der Waals surface area contributed by atoms with Crippen molar-refractivity contribution in [3.63, 3.8) is 0 Å². The predicted octanol–water partition coefficient (Wildman–Crippen LogP) is 2.52. The second-order valence-electron chi connectivity index (χ2n) is 5.46. The van der Waals surface area contributed by atoms with Crippen molar-refractivity contribution >= 4 is 47.3 Å². The number of benzene rings is 1. The maximum atomic E-state index is 11.3. The lowest BCUT2D eigenvalue weighted by atomic mass is 10.2. The Kier molecular flexibility index (Phi) is 5.54. The zero-order valence-electron chi connectivity index (χ0n) is 15.3. The number of nitrogens with zero attached hydrogens (tertiary/aromatic N) is 4. The molecule has 0 unspecified atom stereocenters. The molecule has 2 aromatic heterocycles. The van der Waals surface area contributed by atoms with E-state index in [1.807, 2.05) is 0 Å². The van der Waals surface area contributed by atoms with E-state index >= 15 is 0 Å². The van der Waals surface area contributed by atoms with E-state index in [-0.39, 0.29) is 5.82 Å². The molecule has 0 aliphatic heterocycles. The molecule has 0 atom stereocenters. The third kappa shape index (κ3) is 3.78. The smallest absolute Gasteiger partial charge is 0.330 e. The normalized spacial score (nSPS) is 10.4. The highest BCUT2D eigenvalue weighted by Crippen LogP contribution is 2.40. The molecule has 0 saturated heterocycles. The number of hydrogen-bond donors (Lipinski definition) is 3. The fourth-order valence-electron chi connectivity index (χ4n) is 2.48. The van der Waals surface area contributed by atoms with Gasteiger partial charge in [0.05, 0.1) is 27.5 Å². The van der Waals surface area contributed by atoms with Gasteiger partial charge >= 0.3 is 6.03 Å². The van der Waals surface area contributed by atoms with E-state index in [0.29, 0.717) is 39.9 Å². The van der Waals surface area contributed by atoms with Crippen molar-refractivity contribution in [3.05, 3.63) is 30.5 Å². The number of anilines is 3. The molecule has 3 aromatic rings. The summed E-state index contributed by atoms with van der Waals surface area (Å²) in [6.07, 6.45) is 1.55. The van der Waals surface area contributed by atoms with Gasteiger partial charge in [0.1, 0.15) is 11.3 Å². The summed E-state index contributed by atoms with van der Waals surface area (Å²) in [7, 11) is 4.59. The van der Waals surface area contributed by atoms with E-state index in [2.05, 4.69) is 33.1 Å². The fraction of sp³-hybridized carbons (Fsp3) is 0.176. The number of nitrogens with one attached hydrogen (secondary N) is 1. The summed E-state index contributed by atoms with van der Waals surface area (Å²) in [6, 6.07) is 5.95. The van der Waals surface area contributed by atoms with Gasteiger partial charge < -0.3 is 25.3 Å². The molecule has 3 rings (SSSR count). The van der Waals surface area contributed by atoms with Gasteiger partial charge in [0.15, 0.2) is 23.0 Å². The first-order valence-corrected chi connectivity index (χ1v) is 8.36. The van der Waals surface area contributed by atoms with E-state index in [1.54, 1.807) is 30.5 Å². The summed E-state index contributed by atoms with van der Waals surface area (Å²) >= 11 is 4.00. The molecule has 0 spiro atoms. The summed E-state index contributed by atoms with van der Waals surface area (Å²) in [5.41, 5.74) is 6.72. The summed E-state index contributed by atoms with van der Waals surface area (Å²) < 4.78 is 16.9. The molecule has 0 bridgehead atoms. The van der Waals surface area contributed by atoms with Crippen LogP contribution in [-0.2, 0) is 0 Å². The number of pyridine rings is 1. The quantitative estimate of drug-likeness (QED) is 0.537. The summed E-state index contributed by atoms with van der Waals surface area (Å²) in [5, 5.41) is 3.11. The van der Waals surface area contributed by atoms with Gasteiger partial charge in [-0.3, -0.25) is 0 Å². The van der Waals surface area contributed by atoms with Gasteiger partial charge in [0, 0.05) is 17.8 Å². The number of rotatable bonds is 6. The number of urea groups is 1. The monoisotopic (exact) mass is 402 g/mol. The Bertz CT molecular complexity index is 1010. The van der Waals surface area contributed by atoms with Gasteiger partial charge in [-0.25, -0.2) is 24.1 Å². The summed E-state index contributed by atoms with van der Waals surface area (Å²) in [4.78, 5) is 24.2. The molecule has 10 nitrogen and oxygen atoms in total. The second kappa shape index (κ2) is 8.05. The maximum absolute atomic E-state index is 11.3. The van der Waals surface area contributed by atoms with Crippen LogP contribution in [0.3, 0.4) is 0 Å². The number of ether oxygens (including phenoxy) is 3. The summed E-state index contributed by atoms with van der Waals surface area (Å²) in [5.74, 6) is 2.13. The molecule has 11 heteroatoms. The van der Waals surface area contributed by atoms with Crippen molar-refractivity contribution in [2.45, 2.75) is 0 Å². The second-order valence-corrected chi connectivity index (χ2v) is 5.86. The maximum Gasteiger partial charge on any atom is 0.330 e. The van der Waals surface area contributed by atoms with Gasteiger partial charge in [-0.2, -0.15) is 0 Å². The Labute approximate surface area is 166 Å². The van der Waals surface area contributed by atoms with Gasteiger partial charge in [0.2, 0.25) is 5.75 Å². The van der Waals surface area contributed by atoms with Crippen LogP contribution in [0.1, 0.15) is 0 Å². The van der Waals surface area contributed by atoms with E-state index in [4.69, 9.17) is 19.9 Å². The number of aromatic nitrogens is 3. The molecule has 146 valence electrons. The first kappa shape index (κ1) is 19.3. The Morgan fingerprint density at radius 2 is 1.79 bits per heavy atom. The van der Waals surface area contributed by atoms with Crippen molar-refractivity contribution in [1.82, 2.24) is 15.0 Å². The van der Waals surface area contributed by atoms with Crippen LogP contribution in [0.25, 0.3) is 11.2 Å². The van der Waals surface area contributed by atoms with E-state index < -0.39 is 6.03 Å². The van der Waals surface area contributed by atoms with Crippen LogP contribution >= 0.6 is 12.8 Å². The molecule has 0 aliphatic rings. The molecule has 0 radical (unpaired) electrons. The average Bonchev–Trinajstić information content (AvgIpc) is 2.71. The number of thiol groups is 1. The molecule has 3 N–H and O–H groups in total. The molecule has 1 aromatic carbocycles. The molecular weight excluding hydrogens is 384 g/mol. The minimum Gasteiger partial charge on any atom is -0.493 e. The number of amides is 2. The average molecular weight is 402 g/mol. The van der Waals surface area contributed by atoms with Gasteiger partial charge in [-0.05, 0) is 12.1 Å². The first-order valence-electron chi connectivity index (χ1n) is 7.96. The lowest BCUT2D eigenvalue weighted by Gasteiger charge is -2.15. The minimum absolute atomic E-state index is 0.238. The zero-order chi connectivity index (χ0) is 20.3. The topological polar surface area (TPSA) is 125 Å². The number of nitrogens with two attached hydrogens (primary N) is 1. The highest BCUT2D eigenvalue weighted by molar-refractivity contribution is 7.82. The van der Waals surface area contributed by atoms with Crippen molar-refractivity contribution in [1.29, 1.82) is 0 Å². The number of fused-ring (bicyclic) bond motifs is 1. The van der Waals surface area contributed by atoms with Crippen LogP contribution < -0.4 is 29.6 Å². The molecule has 28 heavy (non-hydrogen) atoms. The van der Waals surface area contributed by atoms with Gasteiger partial charge in [0.25, 0.3) is 0 Å². The molecule has 0 aliphatic carbocycles. The van der Waals surface area contributed by atoms with Crippen LogP contribution in [-0.4, -0.2) is 42.3 Å². The standard InChI is InChI=1S/C17H18N6O4S/c1-25-11-6-9(7-12(26-2)15(11)27-3)20-13-8-19-10-4-5-14(22-16(10)21-13)23(28)17(18)24/h4-8,28H,1-3H3,(H2,18,24)(H,20,21,22). The Hall–Kier alpha value is -3.47. The number of carbonyl (C=O) groups is 1. The zero-order valence-corrected chi connectivity index (χ0v) is 16.2. The Balaban J connectivity index is 1.97. The van der Waals surface area contributed by atoms with Crippen molar-refractivity contribution in [2.24, 2.45) is 5.73 Å². The molecule has 2 amide bonds. The fourth-order valence-corrected chi connectivity index (χ4v) is 2.59. The SMILES string of the molecule is COc1cc(Nc2cnc3ccc(N(S)C(N)=O)nc3n2)cc(OC)c1OC. The Morgan fingerprint density at radius 1 is 1.11 bits per heavy atom. The number of methoxy groups -OCH3 is 3. The largest absolute Gasteiger partial charge is 0.493 e. The lowest BCUT2D eigenvalue weighted by Crippen LogP contribution is -2.27. The van der Waals surface area contributed by atoms with Gasteiger partial charge in [-0.1, -0.05) is 12.8 Å². The van der Waals surface area contributed by atoms with Gasteiger partial charge in [-0.15, -0.1) is 0 Å². The lowest BCUT2D eigenvalue weighted by molar-refractivity contribution is 0.257. The molecular formula is C17H18N6O4S. The first-order chi connectivity index (χ1) is 13.5. The van der Waals surface area contributed by atoms with Crippen LogP contribution in [0.5, 0.6) is 17.2 Å². The van der Waals surface area contributed by atoms with Crippen LogP contribution in [0.4, 0.5) is 22.1 Å². The molecule has 0 saturated carbocycles. The molecule has 0 fully saturated rings. The van der Waals surface area contributed by atoms with Crippen LogP contribution in [0, 0.1) is 0 Å². The minimum atomic E-state index is -0.755. The highest BCUT2D eigenvalue weighted by atomic mass is 32.1. The molecule has 2 heterocycles. The van der Waals surface area contributed by atoms with E-state index in [9.17, 15) is 4.79 Å². The third-order valence-corrected chi connectivity index (χ3v) is 4.16. The predicted molar refractivity (Wildman–Crippen MR) is 108 cm³/mol. The van der Waals surface area contributed by atoms with Crippen LogP contribution in [0.2, 0.25) is 0 Å². The number of hydrogen-bond acceptors (Lipinski definition) is 9. The van der Waals surface area contributed by atoms with E-state index in [0.717, 1.165) is 4.31 Å². The van der Waals surface area contributed by atoms with Crippen molar-refractivity contribution in [3.8, 4) is 17.2 Å². The third-order valence-electron chi connectivity index (χ3n) is 3.75. The van der Waals surface area contributed by atoms with Crippen molar-refractivity contribution in [2.75, 3.05) is 31.0 Å². The number of primary amides is 1. The highest BCUT2D eigenvalue weighted by Gasteiger charge is 2.14.